The molecule has 0 aromatic heterocycles. The average Bonchev–Trinajstić information content (AvgIpc) is 2.79. The quantitative estimate of drug-likeness (QED) is 0.498. The van der Waals surface area contributed by atoms with Gasteiger partial charge in [-0.3, -0.25) is 9.59 Å². The molecule has 0 aliphatic carbocycles. The number of nitrogens with one attached hydrogen (secondary N) is 2. The molecule has 0 aliphatic heterocycles. The van der Waals surface area contributed by atoms with Crippen molar-refractivity contribution in [2.24, 2.45) is 0 Å². The van der Waals surface area contributed by atoms with Crippen molar-refractivity contribution in [3.8, 4) is 11.5 Å². The summed E-state index contributed by atoms with van der Waals surface area (Å²) in [6.45, 7) is -0.793. The molecule has 0 radical (unpaired) electrons. The van der Waals surface area contributed by atoms with Gasteiger partial charge in [-0.2, -0.15) is 8.78 Å². The Labute approximate surface area is 184 Å². The van der Waals surface area contributed by atoms with Crippen LogP contribution in [0, 0.1) is 0 Å². The Morgan fingerprint density at radius 3 is 2.34 bits per heavy atom. The third kappa shape index (κ3) is 6.04. The summed E-state index contributed by atoms with van der Waals surface area (Å²) in [5, 5.41) is 5.51. The number of hydrogen-bond acceptors (Lipinski definition) is 4. The first-order chi connectivity index (χ1) is 15.5. The fourth-order valence-electron chi connectivity index (χ4n) is 2.97. The molecule has 0 saturated heterocycles. The van der Waals surface area contributed by atoms with Crippen LogP contribution in [0.1, 0.15) is 33.2 Å². The van der Waals surface area contributed by atoms with Gasteiger partial charge in [-0.15, -0.1) is 0 Å². The molecule has 6 nitrogen and oxygen atoms in total. The highest BCUT2D eigenvalue weighted by molar-refractivity contribution is 6.09. The van der Waals surface area contributed by atoms with Crippen LogP contribution < -0.4 is 20.1 Å². The molecule has 0 fully saturated rings. The molecule has 0 atom stereocenters. The van der Waals surface area contributed by atoms with E-state index in [0.29, 0.717) is 17.8 Å². The molecular formula is C24H22F2N2O4. The molecule has 0 aliphatic rings. The molecule has 166 valence electrons. The molecule has 0 bridgehead atoms. The maximum Gasteiger partial charge on any atom is 0.387 e. The number of amides is 2. The van der Waals surface area contributed by atoms with E-state index in [1.165, 1.54) is 18.2 Å². The minimum absolute atomic E-state index is 0.0225. The molecule has 0 heterocycles. The van der Waals surface area contributed by atoms with Crippen LogP contribution in [0.3, 0.4) is 0 Å². The van der Waals surface area contributed by atoms with Crippen molar-refractivity contribution >= 4 is 17.5 Å². The number of carbonyl (C=O) groups excluding carboxylic acids is 2. The summed E-state index contributed by atoms with van der Waals surface area (Å²) in [6, 6.07) is 19.9. The van der Waals surface area contributed by atoms with E-state index in [0.717, 1.165) is 5.56 Å². The Balaban J connectivity index is 1.75. The molecular weight excluding hydrogens is 418 g/mol. The van der Waals surface area contributed by atoms with E-state index in [1.54, 1.807) is 31.2 Å². The number of ether oxygens (including phenoxy) is 2. The second-order valence-electron chi connectivity index (χ2n) is 6.64. The number of hydrogen-bond donors (Lipinski definition) is 2. The lowest BCUT2D eigenvalue weighted by atomic mass is 10.1. The third-order valence-electron chi connectivity index (χ3n) is 4.44. The Kier molecular flexibility index (Phi) is 7.75. The van der Waals surface area contributed by atoms with E-state index in [1.807, 2.05) is 30.3 Å². The molecule has 3 aromatic carbocycles. The minimum atomic E-state index is -3.02. The van der Waals surface area contributed by atoms with E-state index in [9.17, 15) is 18.4 Å². The van der Waals surface area contributed by atoms with Gasteiger partial charge < -0.3 is 20.1 Å². The highest BCUT2D eigenvalue weighted by atomic mass is 19.3. The van der Waals surface area contributed by atoms with Crippen LogP contribution >= 0.6 is 0 Å². The summed E-state index contributed by atoms with van der Waals surface area (Å²) in [5.74, 6) is -1.02. The number of alkyl halides is 2. The Hall–Kier alpha value is -3.94. The van der Waals surface area contributed by atoms with Crippen molar-refractivity contribution in [3.63, 3.8) is 0 Å². The molecule has 3 aromatic rings. The van der Waals surface area contributed by atoms with Gasteiger partial charge in [0.1, 0.15) is 0 Å². The van der Waals surface area contributed by atoms with Crippen LogP contribution in [-0.4, -0.2) is 25.0 Å². The van der Waals surface area contributed by atoms with Crippen molar-refractivity contribution < 1.29 is 27.8 Å². The normalized spacial score (nSPS) is 10.5. The van der Waals surface area contributed by atoms with E-state index in [-0.39, 0.29) is 29.6 Å². The zero-order chi connectivity index (χ0) is 22.9. The molecule has 2 N–H and O–H groups in total. The van der Waals surface area contributed by atoms with Gasteiger partial charge in [0.15, 0.2) is 11.5 Å². The Bertz CT molecular complexity index is 1070. The SMILES string of the molecule is CCOc1cc(C(=O)Nc2ccccc2C(=O)NCc2ccccc2)ccc1OC(F)F. The van der Waals surface area contributed by atoms with Crippen LogP contribution in [0.15, 0.2) is 72.8 Å². The topological polar surface area (TPSA) is 76.7 Å². The number of carbonyl (C=O) groups is 2. The molecule has 3 rings (SSSR count). The second kappa shape index (κ2) is 10.9. The average molecular weight is 440 g/mol. The van der Waals surface area contributed by atoms with Crippen LogP contribution in [0.5, 0.6) is 11.5 Å². The van der Waals surface area contributed by atoms with Gasteiger partial charge in [0.25, 0.3) is 11.8 Å². The summed E-state index contributed by atoms with van der Waals surface area (Å²) in [4.78, 5) is 25.4. The number of para-hydroxylation sites is 1. The first-order valence-corrected chi connectivity index (χ1v) is 9.92. The molecule has 0 unspecified atom stereocenters. The van der Waals surface area contributed by atoms with E-state index in [4.69, 9.17) is 4.74 Å². The van der Waals surface area contributed by atoms with Gasteiger partial charge in [-0.1, -0.05) is 42.5 Å². The van der Waals surface area contributed by atoms with Crippen LogP contribution in [0.2, 0.25) is 0 Å². The highest BCUT2D eigenvalue weighted by Gasteiger charge is 2.17. The fourth-order valence-corrected chi connectivity index (χ4v) is 2.97. The number of benzene rings is 3. The van der Waals surface area contributed by atoms with Crippen molar-refractivity contribution in [2.45, 2.75) is 20.1 Å². The second-order valence-corrected chi connectivity index (χ2v) is 6.64. The summed E-state index contributed by atoms with van der Waals surface area (Å²) >= 11 is 0. The lowest BCUT2D eigenvalue weighted by Crippen LogP contribution is -2.24. The zero-order valence-corrected chi connectivity index (χ0v) is 17.3. The lowest BCUT2D eigenvalue weighted by Gasteiger charge is -2.14. The number of halogens is 2. The molecule has 8 heteroatoms. The maximum absolute atomic E-state index is 12.8. The van der Waals surface area contributed by atoms with Crippen molar-refractivity contribution in [2.75, 3.05) is 11.9 Å². The number of anilines is 1. The first-order valence-electron chi connectivity index (χ1n) is 9.92. The van der Waals surface area contributed by atoms with Crippen LogP contribution in [0.4, 0.5) is 14.5 Å². The zero-order valence-electron chi connectivity index (χ0n) is 17.3. The Morgan fingerprint density at radius 2 is 1.62 bits per heavy atom. The first kappa shape index (κ1) is 22.7. The fraction of sp³-hybridized carbons (Fsp3) is 0.167. The van der Waals surface area contributed by atoms with Gasteiger partial charge >= 0.3 is 6.61 Å². The Morgan fingerprint density at radius 1 is 0.906 bits per heavy atom. The van der Waals surface area contributed by atoms with Crippen molar-refractivity contribution in [1.82, 2.24) is 5.32 Å². The van der Waals surface area contributed by atoms with Gasteiger partial charge in [0.05, 0.1) is 17.9 Å². The maximum atomic E-state index is 12.8. The van der Waals surface area contributed by atoms with E-state index in [2.05, 4.69) is 15.4 Å². The highest BCUT2D eigenvalue weighted by Crippen LogP contribution is 2.30. The van der Waals surface area contributed by atoms with Gasteiger partial charge in [0, 0.05) is 12.1 Å². The lowest BCUT2D eigenvalue weighted by molar-refractivity contribution is -0.0514. The van der Waals surface area contributed by atoms with Gasteiger partial charge in [-0.05, 0) is 42.8 Å². The summed E-state index contributed by atoms with van der Waals surface area (Å²) in [7, 11) is 0. The largest absolute Gasteiger partial charge is 0.490 e. The summed E-state index contributed by atoms with van der Waals surface area (Å²) in [5.41, 5.74) is 1.71. The monoisotopic (exact) mass is 440 g/mol. The smallest absolute Gasteiger partial charge is 0.387 e. The predicted molar refractivity (Wildman–Crippen MR) is 116 cm³/mol. The van der Waals surface area contributed by atoms with Crippen LogP contribution in [0.25, 0.3) is 0 Å². The molecule has 32 heavy (non-hydrogen) atoms. The van der Waals surface area contributed by atoms with E-state index < -0.39 is 12.5 Å². The van der Waals surface area contributed by atoms with Crippen molar-refractivity contribution in [3.05, 3.63) is 89.5 Å². The molecule has 0 spiro atoms. The summed E-state index contributed by atoms with van der Waals surface area (Å²) < 4.78 is 34.9. The van der Waals surface area contributed by atoms with Crippen molar-refractivity contribution in [1.29, 1.82) is 0 Å². The molecule has 0 saturated carbocycles. The molecule has 2 amide bonds. The summed E-state index contributed by atoms with van der Waals surface area (Å²) in [6.07, 6.45) is 0. The number of rotatable bonds is 9. The minimum Gasteiger partial charge on any atom is -0.490 e. The third-order valence-corrected chi connectivity index (χ3v) is 4.44. The standard InChI is InChI=1S/C24H22F2N2O4/c1-2-31-21-14-17(12-13-20(21)32-24(25)26)22(29)28-19-11-7-6-10-18(19)23(30)27-15-16-8-4-3-5-9-16/h3-14,24H,2,15H2,1H3,(H,27,30)(H,28,29). The van der Waals surface area contributed by atoms with Gasteiger partial charge in [0.2, 0.25) is 0 Å². The van der Waals surface area contributed by atoms with Crippen LogP contribution in [-0.2, 0) is 6.54 Å². The predicted octanol–water partition coefficient (Wildman–Crippen LogP) is 4.87. The van der Waals surface area contributed by atoms with Gasteiger partial charge in [-0.25, -0.2) is 0 Å². The van der Waals surface area contributed by atoms with E-state index >= 15 is 0 Å².